The highest BCUT2D eigenvalue weighted by Crippen LogP contribution is 2.43. The summed E-state index contributed by atoms with van der Waals surface area (Å²) in [5.74, 6) is 0. The summed E-state index contributed by atoms with van der Waals surface area (Å²) < 4.78 is 0. The minimum absolute atomic E-state index is 0.992. The Morgan fingerprint density at radius 3 is 1.55 bits per heavy atom. The van der Waals surface area contributed by atoms with Gasteiger partial charge in [0, 0.05) is 47.7 Å². The lowest BCUT2D eigenvalue weighted by atomic mass is 9.86. The van der Waals surface area contributed by atoms with Crippen molar-refractivity contribution >= 4 is 32.3 Å². The van der Waals surface area contributed by atoms with Gasteiger partial charge < -0.3 is 0 Å². The van der Waals surface area contributed by atoms with E-state index in [1.54, 1.807) is 0 Å². The number of hydrogen-bond acceptors (Lipinski definition) is 3. The van der Waals surface area contributed by atoms with E-state index >= 15 is 0 Å². The molecule has 0 spiro atoms. The number of pyridine rings is 3. The SMILES string of the molecule is c1ccc(-c2ccc3ccc4c(-c5cc(-c6cccnc6)cc(-c6cccnc6)c5)ccc5ccc2c3c54)nc1. The van der Waals surface area contributed by atoms with Crippen molar-refractivity contribution in [3.05, 3.63) is 140 Å². The van der Waals surface area contributed by atoms with Crippen LogP contribution in [0.3, 0.4) is 0 Å². The van der Waals surface area contributed by atoms with Crippen LogP contribution in [0.2, 0.25) is 0 Å². The molecule has 0 N–H and O–H groups in total. The minimum Gasteiger partial charge on any atom is -0.264 e. The Hall–Kier alpha value is -5.41. The summed E-state index contributed by atoms with van der Waals surface area (Å²) in [5, 5.41) is 7.53. The van der Waals surface area contributed by atoms with Crippen LogP contribution in [0, 0.1) is 0 Å². The first-order valence-electron chi connectivity index (χ1n) is 13.4. The van der Waals surface area contributed by atoms with Crippen molar-refractivity contribution in [1.29, 1.82) is 0 Å². The molecule has 8 rings (SSSR count). The Bertz CT molecular complexity index is 2080. The molecule has 0 aliphatic rings. The van der Waals surface area contributed by atoms with Gasteiger partial charge in [0.05, 0.1) is 5.69 Å². The molecule has 5 aromatic carbocycles. The summed E-state index contributed by atoms with van der Waals surface area (Å²) >= 11 is 0. The Labute approximate surface area is 231 Å². The lowest BCUT2D eigenvalue weighted by Gasteiger charge is -2.17. The first kappa shape index (κ1) is 22.6. The maximum absolute atomic E-state index is 4.66. The lowest BCUT2D eigenvalue weighted by molar-refractivity contribution is 1.32. The van der Waals surface area contributed by atoms with Gasteiger partial charge in [-0.15, -0.1) is 0 Å². The highest BCUT2D eigenvalue weighted by Gasteiger charge is 2.16. The van der Waals surface area contributed by atoms with E-state index in [9.17, 15) is 0 Å². The molecule has 0 unspecified atom stereocenters. The van der Waals surface area contributed by atoms with Crippen molar-refractivity contribution in [2.45, 2.75) is 0 Å². The molecule has 0 atom stereocenters. The van der Waals surface area contributed by atoms with Gasteiger partial charge in [0.2, 0.25) is 0 Å². The first-order valence-corrected chi connectivity index (χ1v) is 13.4. The third-order valence-corrected chi connectivity index (χ3v) is 7.84. The zero-order valence-electron chi connectivity index (χ0n) is 21.6. The molecular formula is C37H23N3. The molecule has 3 heterocycles. The van der Waals surface area contributed by atoms with E-state index in [0.717, 1.165) is 33.5 Å². The molecule has 8 aromatic rings. The maximum atomic E-state index is 4.66. The van der Waals surface area contributed by atoms with Gasteiger partial charge in [-0.3, -0.25) is 15.0 Å². The molecule has 0 radical (unpaired) electrons. The van der Waals surface area contributed by atoms with Crippen LogP contribution < -0.4 is 0 Å². The van der Waals surface area contributed by atoms with Gasteiger partial charge in [-0.2, -0.15) is 0 Å². The molecule has 0 fully saturated rings. The number of aromatic nitrogens is 3. The van der Waals surface area contributed by atoms with E-state index in [1.807, 2.05) is 55.2 Å². The third-order valence-electron chi connectivity index (χ3n) is 7.84. The quantitative estimate of drug-likeness (QED) is 0.222. The fourth-order valence-electron chi connectivity index (χ4n) is 5.98. The van der Waals surface area contributed by atoms with E-state index in [4.69, 9.17) is 0 Å². The van der Waals surface area contributed by atoms with Gasteiger partial charge in [0.25, 0.3) is 0 Å². The summed E-state index contributed by atoms with van der Waals surface area (Å²) in [5.41, 5.74) is 8.97. The van der Waals surface area contributed by atoms with E-state index in [0.29, 0.717) is 0 Å². The summed E-state index contributed by atoms with van der Waals surface area (Å²) in [6.07, 6.45) is 9.34. The number of hydrogen-bond donors (Lipinski definition) is 0. The largest absolute Gasteiger partial charge is 0.264 e. The van der Waals surface area contributed by atoms with Crippen molar-refractivity contribution in [3.8, 4) is 44.6 Å². The molecule has 0 bridgehead atoms. The van der Waals surface area contributed by atoms with Gasteiger partial charge in [-0.05, 0) is 97.0 Å². The van der Waals surface area contributed by atoms with Crippen molar-refractivity contribution < 1.29 is 0 Å². The highest BCUT2D eigenvalue weighted by molar-refractivity contribution is 6.27. The Balaban J connectivity index is 1.41. The van der Waals surface area contributed by atoms with Gasteiger partial charge in [0.1, 0.15) is 0 Å². The number of benzene rings is 5. The molecule has 0 saturated carbocycles. The van der Waals surface area contributed by atoms with Crippen molar-refractivity contribution in [2.24, 2.45) is 0 Å². The Kier molecular flexibility index (Phi) is 5.14. The zero-order chi connectivity index (χ0) is 26.5. The van der Waals surface area contributed by atoms with Crippen LogP contribution in [0.15, 0.2) is 140 Å². The third kappa shape index (κ3) is 3.63. The van der Waals surface area contributed by atoms with Crippen LogP contribution in [-0.4, -0.2) is 15.0 Å². The second-order valence-electron chi connectivity index (χ2n) is 10.1. The van der Waals surface area contributed by atoms with E-state index in [2.05, 4.69) is 99.9 Å². The van der Waals surface area contributed by atoms with Gasteiger partial charge in [-0.25, -0.2) is 0 Å². The summed E-state index contributed by atoms with van der Waals surface area (Å²) in [6, 6.07) is 39.0. The van der Waals surface area contributed by atoms with Gasteiger partial charge >= 0.3 is 0 Å². The topological polar surface area (TPSA) is 38.7 Å². The fourth-order valence-corrected chi connectivity index (χ4v) is 5.98. The smallest absolute Gasteiger partial charge is 0.0708 e. The van der Waals surface area contributed by atoms with Crippen LogP contribution in [0.1, 0.15) is 0 Å². The molecule has 3 aromatic heterocycles. The average Bonchev–Trinajstić information content (AvgIpc) is 3.04. The maximum Gasteiger partial charge on any atom is 0.0708 e. The predicted molar refractivity (Wildman–Crippen MR) is 165 cm³/mol. The van der Waals surface area contributed by atoms with Gasteiger partial charge in [0.15, 0.2) is 0 Å². The van der Waals surface area contributed by atoms with Crippen molar-refractivity contribution in [1.82, 2.24) is 15.0 Å². The second kappa shape index (κ2) is 9.11. The van der Waals surface area contributed by atoms with E-state index < -0.39 is 0 Å². The highest BCUT2D eigenvalue weighted by atomic mass is 14.7. The Morgan fingerprint density at radius 1 is 0.400 bits per heavy atom. The monoisotopic (exact) mass is 509 g/mol. The van der Waals surface area contributed by atoms with Crippen molar-refractivity contribution in [3.63, 3.8) is 0 Å². The molecule has 0 aliphatic heterocycles. The number of rotatable bonds is 4. The summed E-state index contributed by atoms with van der Waals surface area (Å²) in [7, 11) is 0. The minimum atomic E-state index is 0.992. The number of nitrogens with zero attached hydrogens (tertiary/aromatic N) is 3. The van der Waals surface area contributed by atoms with Crippen LogP contribution >= 0.6 is 0 Å². The van der Waals surface area contributed by atoms with Crippen LogP contribution in [0.4, 0.5) is 0 Å². The molecule has 0 amide bonds. The normalized spacial score (nSPS) is 11.5. The van der Waals surface area contributed by atoms with E-state index in [1.165, 1.54) is 43.4 Å². The Morgan fingerprint density at radius 2 is 0.975 bits per heavy atom. The molecule has 3 heteroatoms. The molecule has 40 heavy (non-hydrogen) atoms. The van der Waals surface area contributed by atoms with Crippen molar-refractivity contribution in [2.75, 3.05) is 0 Å². The van der Waals surface area contributed by atoms with Crippen LogP contribution in [-0.2, 0) is 0 Å². The summed E-state index contributed by atoms with van der Waals surface area (Å²) in [6.45, 7) is 0. The predicted octanol–water partition coefficient (Wildman–Crippen LogP) is 9.44. The fraction of sp³-hybridized carbons (Fsp3) is 0. The van der Waals surface area contributed by atoms with Crippen LogP contribution in [0.25, 0.3) is 77.0 Å². The molecule has 3 nitrogen and oxygen atoms in total. The average molecular weight is 510 g/mol. The lowest BCUT2D eigenvalue weighted by Crippen LogP contribution is -1.91. The van der Waals surface area contributed by atoms with E-state index in [-0.39, 0.29) is 0 Å². The molecule has 0 aliphatic carbocycles. The van der Waals surface area contributed by atoms with Gasteiger partial charge in [-0.1, -0.05) is 66.7 Å². The molecule has 0 saturated heterocycles. The summed E-state index contributed by atoms with van der Waals surface area (Å²) in [4.78, 5) is 13.4. The van der Waals surface area contributed by atoms with Crippen LogP contribution in [0.5, 0.6) is 0 Å². The second-order valence-corrected chi connectivity index (χ2v) is 10.1. The molecule has 186 valence electrons. The zero-order valence-corrected chi connectivity index (χ0v) is 21.6. The molecular weight excluding hydrogens is 486 g/mol. The standard InChI is InChI=1S/C37H23N3/c1-2-18-40-35(7-1)32-13-9-25-10-14-33-31(12-8-24-11-15-34(32)37(25)36(24)33)30-20-28(26-5-3-16-38-22-26)19-29(21-30)27-6-4-17-39-23-27/h1-23H. The first-order chi connectivity index (χ1) is 19.8.